The first-order valence-electron chi connectivity index (χ1n) is 6.41. The Morgan fingerprint density at radius 2 is 2.16 bits per heavy atom. The third kappa shape index (κ3) is 6.02. The molecule has 0 fully saturated rings. The van der Waals surface area contributed by atoms with Crippen molar-refractivity contribution in [2.75, 3.05) is 18.6 Å². The highest BCUT2D eigenvalue weighted by atomic mass is 32.2. The fourth-order valence-electron chi connectivity index (χ4n) is 1.77. The van der Waals surface area contributed by atoms with Gasteiger partial charge in [0.05, 0.1) is 12.9 Å². The number of sulfone groups is 1. The summed E-state index contributed by atoms with van der Waals surface area (Å²) in [7, 11) is -1.31. The van der Waals surface area contributed by atoms with Crippen molar-refractivity contribution in [3.63, 3.8) is 0 Å². The van der Waals surface area contributed by atoms with Crippen LogP contribution < -0.4 is 10.5 Å². The summed E-state index contributed by atoms with van der Waals surface area (Å²) in [6.07, 6.45) is 3.75. The molecule has 5 nitrogen and oxygen atoms in total. The Kier molecular flexibility index (Phi) is 6.24. The average Bonchev–Trinajstić information content (AvgIpc) is 2.39. The van der Waals surface area contributed by atoms with Crippen LogP contribution in [0.5, 0.6) is 5.88 Å². The highest BCUT2D eigenvalue weighted by Crippen LogP contribution is 2.10. The lowest BCUT2D eigenvalue weighted by molar-refractivity contribution is 0.397. The quantitative estimate of drug-likeness (QED) is 0.776. The first kappa shape index (κ1) is 15.9. The number of hydrogen-bond acceptors (Lipinski definition) is 5. The van der Waals surface area contributed by atoms with Gasteiger partial charge in [0.25, 0.3) is 0 Å². The molecular formula is C13H22N2O3S. The number of nitrogens with zero attached hydrogens (tertiary/aromatic N) is 1. The van der Waals surface area contributed by atoms with E-state index in [0.717, 1.165) is 5.56 Å². The monoisotopic (exact) mass is 286 g/mol. The van der Waals surface area contributed by atoms with Gasteiger partial charge in [0, 0.05) is 24.1 Å². The Bertz CT molecular complexity index is 471. The molecule has 2 N–H and O–H groups in total. The van der Waals surface area contributed by atoms with Gasteiger partial charge in [0.1, 0.15) is 9.84 Å². The van der Waals surface area contributed by atoms with Crippen molar-refractivity contribution in [3.05, 3.63) is 23.9 Å². The van der Waals surface area contributed by atoms with Gasteiger partial charge in [-0.2, -0.15) is 0 Å². The van der Waals surface area contributed by atoms with E-state index in [1.54, 1.807) is 26.3 Å². The minimum absolute atomic E-state index is 0.0396. The molecule has 0 aliphatic rings. The first-order valence-corrected chi connectivity index (χ1v) is 8.24. The van der Waals surface area contributed by atoms with Crippen molar-refractivity contribution < 1.29 is 13.2 Å². The van der Waals surface area contributed by atoms with Crippen molar-refractivity contribution in [1.29, 1.82) is 0 Å². The third-order valence-corrected chi connectivity index (χ3v) is 4.77. The molecule has 0 saturated heterocycles. The highest BCUT2D eigenvalue weighted by molar-refractivity contribution is 7.91. The Morgan fingerprint density at radius 1 is 1.42 bits per heavy atom. The Morgan fingerprint density at radius 3 is 2.68 bits per heavy atom. The summed E-state index contributed by atoms with van der Waals surface area (Å²) < 4.78 is 27.7. The Hall–Kier alpha value is -1.14. The zero-order chi connectivity index (χ0) is 14.3. The summed E-state index contributed by atoms with van der Waals surface area (Å²) in [6, 6.07) is 3.68. The van der Waals surface area contributed by atoms with Gasteiger partial charge in [-0.1, -0.05) is 13.0 Å². The first-order chi connectivity index (χ1) is 8.96. The largest absolute Gasteiger partial charge is 0.481 e. The number of aromatic nitrogens is 1. The Balaban J connectivity index is 2.36. The zero-order valence-electron chi connectivity index (χ0n) is 11.5. The molecule has 108 valence electrons. The van der Waals surface area contributed by atoms with E-state index in [-0.39, 0.29) is 17.5 Å². The maximum atomic E-state index is 11.3. The standard InChI is InChI=1S/C13H22N2O3S/c1-3-19(16,17)8-4-5-12(14)9-11-6-7-13(18-2)15-10-11/h6-7,10,12H,3-5,8-9,14H2,1-2H3. The lowest BCUT2D eigenvalue weighted by Gasteiger charge is -2.11. The predicted octanol–water partition coefficient (Wildman–Crippen LogP) is 1.17. The summed E-state index contributed by atoms with van der Waals surface area (Å²) in [6.45, 7) is 1.66. The van der Waals surface area contributed by atoms with Gasteiger partial charge >= 0.3 is 0 Å². The minimum atomic E-state index is -2.88. The van der Waals surface area contributed by atoms with Crippen molar-refractivity contribution >= 4 is 9.84 Å². The van der Waals surface area contributed by atoms with Crippen molar-refractivity contribution in [1.82, 2.24) is 4.98 Å². The second-order valence-corrected chi connectivity index (χ2v) is 7.02. The maximum absolute atomic E-state index is 11.3. The predicted molar refractivity (Wildman–Crippen MR) is 76.0 cm³/mol. The van der Waals surface area contributed by atoms with Gasteiger partial charge in [0.2, 0.25) is 5.88 Å². The van der Waals surface area contributed by atoms with Crippen LogP contribution in [-0.4, -0.2) is 38.1 Å². The third-order valence-electron chi connectivity index (χ3n) is 2.97. The van der Waals surface area contributed by atoms with Crippen molar-refractivity contribution in [2.45, 2.75) is 32.2 Å². The lowest BCUT2D eigenvalue weighted by atomic mass is 10.0. The minimum Gasteiger partial charge on any atom is -0.481 e. The molecule has 6 heteroatoms. The van der Waals surface area contributed by atoms with Gasteiger partial charge < -0.3 is 10.5 Å². The Labute approximate surface area is 115 Å². The van der Waals surface area contributed by atoms with Gasteiger partial charge in [-0.05, 0) is 24.8 Å². The van der Waals surface area contributed by atoms with E-state index in [9.17, 15) is 8.42 Å². The molecule has 1 atom stereocenters. The van der Waals surface area contributed by atoms with Crippen molar-refractivity contribution in [3.8, 4) is 5.88 Å². The molecule has 0 bridgehead atoms. The van der Waals surface area contributed by atoms with Gasteiger partial charge in [0.15, 0.2) is 0 Å². The van der Waals surface area contributed by atoms with Crippen LogP contribution >= 0.6 is 0 Å². The molecule has 0 saturated carbocycles. The highest BCUT2D eigenvalue weighted by Gasteiger charge is 2.10. The van der Waals surface area contributed by atoms with E-state index >= 15 is 0 Å². The van der Waals surface area contributed by atoms with Crippen LogP contribution in [0, 0.1) is 0 Å². The number of methoxy groups -OCH3 is 1. The van der Waals surface area contributed by atoms with Gasteiger partial charge in [-0.3, -0.25) is 0 Å². The second-order valence-electron chi connectivity index (χ2n) is 4.55. The average molecular weight is 286 g/mol. The van der Waals surface area contributed by atoms with Gasteiger partial charge in [-0.25, -0.2) is 13.4 Å². The van der Waals surface area contributed by atoms with E-state index in [1.165, 1.54) is 0 Å². The fourth-order valence-corrected chi connectivity index (χ4v) is 2.66. The van der Waals surface area contributed by atoms with Crippen LogP contribution in [-0.2, 0) is 16.3 Å². The van der Waals surface area contributed by atoms with E-state index in [1.807, 2.05) is 6.07 Å². The van der Waals surface area contributed by atoms with Crippen LogP contribution in [0.25, 0.3) is 0 Å². The van der Waals surface area contributed by atoms with Crippen molar-refractivity contribution in [2.24, 2.45) is 5.73 Å². The summed E-state index contributed by atoms with van der Waals surface area (Å²) in [4.78, 5) is 4.11. The van der Waals surface area contributed by atoms with Crippen LogP contribution in [0.3, 0.4) is 0 Å². The van der Waals surface area contributed by atoms with Gasteiger partial charge in [-0.15, -0.1) is 0 Å². The maximum Gasteiger partial charge on any atom is 0.212 e. The molecule has 0 aliphatic heterocycles. The molecule has 1 unspecified atom stereocenters. The second kappa shape index (κ2) is 7.45. The summed E-state index contributed by atoms with van der Waals surface area (Å²) >= 11 is 0. The van der Waals surface area contributed by atoms with Crippen LogP contribution in [0.1, 0.15) is 25.3 Å². The summed E-state index contributed by atoms with van der Waals surface area (Å²) in [5.41, 5.74) is 7.03. The van der Waals surface area contributed by atoms with E-state index < -0.39 is 9.84 Å². The summed E-state index contributed by atoms with van der Waals surface area (Å²) in [5.74, 6) is 0.995. The molecule has 1 aromatic heterocycles. The topological polar surface area (TPSA) is 82.3 Å². The van der Waals surface area contributed by atoms with Crippen LogP contribution in [0.2, 0.25) is 0 Å². The molecule has 0 spiro atoms. The molecule has 1 aromatic rings. The normalized spacial score (nSPS) is 13.2. The zero-order valence-corrected chi connectivity index (χ0v) is 12.3. The number of hydrogen-bond donors (Lipinski definition) is 1. The molecule has 0 radical (unpaired) electrons. The number of ether oxygens (including phenoxy) is 1. The fraction of sp³-hybridized carbons (Fsp3) is 0.615. The molecule has 0 aromatic carbocycles. The van der Waals surface area contributed by atoms with E-state index in [4.69, 9.17) is 10.5 Å². The number of pyridine rings is 1. The lowest BCUT2D eigenvalue weighted by Crippen LogP contribution is -2.24. The van der Waals surface area contributed by atoms with E-state index in [2.05, 4.69) is 4.98 Å². The molecule has 0 aliphatic carbocycles. The molecule has 0 amide bonds. The van der Waals surface area contributed by atoms with Crippen LogP contribution in [0.15, 0.2) is 18.3 Å². The summed E-state index contributed by atoms with van der Waals surface area (Å²) in [5, 5.41) is 0. The number of nitrogens with two attached hydrogens (primary N) is 1. The number of rotatable bonds is 8. The molecule has 19 heavy (non-hydrogen) atoms. The van der Waals surface area contributed by atoms with Crippen LogP contribution in [0.4, 0.5) is 0 Å². The smallest absolute Gasteiger partial charge is 0.212 e. The molecular weight excluding hydrogens is 264 g/mol. The van der Waals surface area contributed by atoms with E-state index in [0.29, 0.717) is 25.1 Å². The molecule has 1 rings (SSSR count). The molecule has 1 heterocycles. The SMILES string of the molecule is CCS(=O)(=O)CCCC(N)Cc1ccc(OC)nc1.